The van der Waals surface area contributed by atoms with E-state index < -0.39 is 11.9 Å². The highest BCUT2D eigenvalue weighted by atomic mass is 16.4. The van der Waals surface area contributed by atoms with Gasteiger partial charge in [0.1, 0.15) is 0 Å². The lowest BCUT2D eigenvalue weighted by Crippen LogP contribution is -2.51. The smallest absolute Gasteiger partial charge is 0.306 e. The maximum Gasteiger partial charge on any atom is 0.306 e. The average molecular weight is 277 g/mol. The highest BCUT2D eigenvalue weighted by Crippen LogP contribution is 2.33. The first-order chi connectivity index (χ1) is 9.31. The molecule has 1 amide bonds. The first-order valence-corrected chi connectivity index (χ1v) is 6.57. The van der Waals surface area contributed by atoms with Crippen LogP contribution in [0, 0.1) is 25.7 Å². The number of carboxylic acid groups (broad SMARTS) is 1. The van der Waals surface area contributed by atoms with Crippen molar-refractivity contribution < 1.29 is 14.7 Å². The van der Waals surface area contributed by atoms with Gasteiger partial charge in [-0.2, -0.15) is 0 Å². The number of aliphatic carboxylic acids is 1. The zero-order valence-corrected chi connectivity index (χ0v) is 11.9. The molecule has 20 heavy (non-hydrogen) atoms. The van der Waals surface area contributed by atoms with Gasteiger partial charge in [-0.05, 0) is 19.9 Å². The van der Waals surface area contributed by atoms with E-state index in [9.17, 15) is 9.59 Å². The maximum atomic E-state index is 11.6. The van der Waals surface area contributed by atoms with Crippen molar-refractivity contribution in [2.75, 3.05) is 18.0 Å². The lowest BCUT2D eigenvalue weighted by Gasteiger charge is -2.43. The third-order valence-corrected chi connectivity index (χ3v) is 3.90. The summed E-state index contributed by atoms with van der Waals surface area (Å²) in [6.45, 7) is 6.57. The zero-order valence-electron chi connectivity index (χ0n) is 11.9. The molecule has 108 valence electrons. The van der Waals surface area contributed by atoms with Crippen LogP contribution in [0.3, 0.4) is 0 Å². The minimum absolute atomic E-state index is 0.0991. The molecule has 1 aliphatic rings. The fourth-order valence-electron chi connectivity index (χ4n) is 2.59. The van der Waals surface area contributed by atoms with Gasteiger partial charge in [0.05, 0.1) is 22.9 Å². The summed E-state index contributed by atoms with van der Waals surface area (Å²) in [5.74, 6) is -1.57. The van der Waals surface area contributed by atoms with E-state index in [4.69, 9.17) is 10.8 Å². The number of hydrogen-bond acceptors (Lipinski definition) is 4. The number of anilines is 1. The molecule has 1 aliphatic heterocycles. The number of nitrogens with zero attached hydrogens (tertiary/aromatic N) is 2. The van der Waals surface area contributed by atoms with Crippen molar-refractivity contribution in [1.29, 1.82) is 0 Å². The number of hydrogen-bond donors (Lipinski definition) is 2. The van der Waals surface area contributed by atoms with Crippen molar-refractivity contribution in [3.63, 3.8) is 0 Å². The van der Waals surface area contributed by atoms with Gasteiger partial charge in [0, 0.05) is 24.7 Å². The van der Waals surface area contributed by atoms with E-state index in [0.29, 0.717) is 24.3 Å². The molecule has 1 aromatic rings. The van der Waals surface area contributed by atoms with Gasteiger partial charge in [0.25, 0.3) is 5.91 Å². The predicted molar refractivity (Wildman–Crippen MR) is 74.7 cm³/mol. The minimum atomic E-state index is -0.785. The maximum absolute atomic E-state index is 11.6. The van der Waals surface area contributed by atoms with Crippen LogP contribution in [0.4, 0.5) is 5.69 Å². The lowest BCUT2D eigenvalue weighted by atomic mass is 9.86. The van der Waals surface area contributed by atoms with Crippen molar-refractivity contribution in [1.82, 2.24) is 4.98 Å². The van der Waals surface area contributed by atoms with Crippen LogP contribution in [0.5, 0.6) is 0 Å². The Hall–Kier alpha value is -2.11. The number of carboxylic acids is 1. The van der Waals surface area contributed by atoms with Crippen molar-refractivity contribution >= 4 is 17.6 Å². The zero-order chi connectivity index (χ0) is 15.0. The Morgan fingerprint density at radius 3 is 2.55 bits per heavy atom. The molecule has 6 nitrogen and oxygen atoms in total. The molecule has 0 spiro atoms. The molecular weight excluding hydrogens is 258 g/mol. The summed E-state index contributed by atoms with van der Waals surface area (Å²) in [5.41, 5.74) is 8.04. The van der Waals surface area contributed by atoms with Crippen molar-refractivity contribution in [2.45, 2.75) is 20.8 Å². The number of carbonyl (C=O) groups excluding carboxylic acids is 1. The number of nitrogens with two attached hydrogens (primary N) is 1. The van der Waals surface area contributed by atoms with E-state index in [1.54, 1.807) is 13.8 Å². The second-order valence-electron chi connectivity index (χ2n) is 5.40. The molecule has 0 aromatic carbocycles. The fraction of sp³-hybridized carbons (Fsp3) is 0.500. The summed E-state index contributed by atoms with van der Waals surface area (Å²) in [7, 11) is 0. The SMILES string of the molecule is Cc1cc(N2CC(C(C)C(=O)O)C2)c(C(N)=O)c(C)n1. The number of pyridine rings is 1. The molecule has 0 radical (unpaired) electrons. The van der Waals surface area contributed by atoms with Crippen LogP contribution in [0.2, 0.25) is 0 Å². The van der Waals surface area contributed by atoms with E-state index >= 15 is 0 Å². The van der Waals surface area contributed by atoms with Crippen LogP contribution < -0.4 is 10.6 Å². The van der Waals surface area contributed by atoms with Crippen molar-refractivity contribution in [3.8, 4) is 0 Å². The second kappa shape index (κ2) is 5.11. The van der Waals surface area contributed by atoms with Gasteiger partial charge in [-0.25, -0.2) is 0 Å². The first-order valence-electron chi connectivity index (χ1n) is 6.57. The summed E-state index contributed by atoms with van der Waals surface area (Å²) < 4.78 is 0. The standard InChI is InChI=1S/C14H19N3O3/c1-7-4-11(12(13(15)18)9(3)16-7)17-5-10(6-17)8(2)14(19)20/h4,8,10H,5-6H2,1-3H3,(H2,15,18)(H,19,20). The van der Waals surface area contributed by atoms with Crippen LogP contribution in [0.15, 0.2) is 6.07 Å². The minimum Gasteiger partial charge on any atom is -0.481 e. The molecule has 0 aliphatic carbocycles. The summed E-state index contributed by atoms with van der Waals surface area (Å²) in [6, 6.07) is 1.83. The molecular formula is C14H19N3O3. The molecule has 1 saturated heterocycles. The highest BCUT2D eigenvalue weighted by molar-refractivity contribution is 6.00. The Labute approximate surface area is 117 Å². The summed E-state index contributed by atoms with van der Waals surface area (Å²) in [4.78, 5) is 28.8. The van der Waals surface area contributed by atoms with Crippen LogP contribution >= 0.6 is 0 Å². The summed E-state index contributed by atoms with van der Waals surface area (Å²) in [6.07, 6.45) is 0. The van der Waals surface area contributed by atoms with Gasteiger partial charge in [0.2, 0.25) is 0 Å². The highest BCUT2D eigenvalue weighted by Gasteiger charge is 2.36. The average Bonchev–Trinajstić information content (AvgIpc) is 2.24. The molecule has 3 N–H and O–H groups in total. The third kappa shape index (κ3) is 2.45. The van der Waals surface area contributed by atoms with Crippen LogP contribution in [0.25, 0.3) is 0 Å². The van der Waals surface area contributed by atoms with E-state index in [0.717, 1.165) is 11.4 Å². The van der Waals surface area contributed by atoms with Crippen LogP contribution in [-0.2, 0) is 4.79 Å². The molecule has 0 bridgehead atoms. The molecule has 2 rings (SSSR count). The summed E-state index contributed by atoms with van der Waals surface area (Å²) in [5, 5.41) is 9.00. The normalized spacial score (nSPS) is 16.6. The molecule has 1 unspecified atom stereocenters. The largest absolute Gasteiger partial charge is 0.481 e. The lowest BCUT2D eigenvalue weighted by molar-refractivity contribution is -0.143. The number of primary amides is 1. The summed E-state index contributed by atoms with van der Waals surface area (Å²) >= 11 is 0. The number of carbonyl (C=O) groups is 2. The number of rotatable bonds is 4. The quantitative estimate of drug-likeness (QED) is 0.854. The van der Waals surface area contributed by atoms with E-state index in [1.807, 2.05) is 17.9 Å². The number of aromatic nitrogens is 1. The van der Waals surface area contributed by atoms with Gasteiger partial charge in [-0.3, -0.25) is 14.6 Å². The van der Waals surface area contributed by atoms with Crippen LogP contribution in [0.1, 0.15) is 28.7 Å². The molecule has 6 heteroatoms. The fourth-order valence-corrected chi connectivity index (χ4v) is 2.59. The first kappa shape index (κ1) is 14.3. The number of amides is 1. The third-order valence-electron chi connectivity index (χ3n) is 3.90. The molecule has 0 saturated carbocycles. The molecule has 1 aromatic heterocycles. The van der Waals surface area contributed by atoms with E-state index in [2.05, 4.69) is 4.98 Å². The van der Waals surface area contributed by atoms with Gasteiger partial charge < -0.3 is 15.7 Å². The Balaban J connectivity index is 2.24. The van der Waals surface area contributed by atoms with Crippen molar-refractivity contribution in [2.24, 2.45) is 17.6 Å². The van der Waals surface area contributed by atoms with E-state index in [1.165, 1.54) is 0 Å². The number of aryl methyl sites for hydroxylation is 2. The Bertz CT molecular complexity index is 565. The molecule has 1 atom stereocenters. The topological polar surface area (TPSA) is 96.5 Å². The Morgan fingerprint density at radius 2 is 2.05 bits per heavy atom. The Morgan fingerprint density at radius 1 is 1.45 bits per heavy atom. The molecule has 2 heterocycles. The predicted octanol–water partition coefficient (Wildman–Crippen LogP) is 0.954. The van der Waals surface area contributed by atoms with Gasteiger partial charge >= 0.3 is 5.97 Å². The van der Waals surface area contributed by atoms with Gasteiger partial charge in [0.15, 0.2) is 0 Å². The second-order valence-corrected chi connectivity index (χ2v) is 5.40. The van der Waals surface area contributed by atoms with E-state index in [-0.39, 0.29) is 11.8 Å². The van der Waals surface area contributed by atoms with Crippen molar-refractivity contribution in [3.05, 3.63) is 23.0 Å². The van der Waals surface area contributed by atoms with Gasteiger partial charge in [-0.15, -0.1) is 0 Å². The van der Waals surface area contributed by atoms with Gasteiger partial charge in [-0.1, -0.05) is 6.92 Å². The monoisotopic (exact) mass is 277 g/mol. The Kier molecular flexibility index (Phi) is 3.65. The van der Waals surface area contributed by atoms with Crippen LogP contribution in [-0.4, -0.2) is 35.1 Å². The molecule has 1 fully saturated rings.